The van der Waals surface area contributed by atoms with Crippen molar-refractivity contribution in [1.82, 2.24) is 9.13 Å². The summed E-state index contributed by atoms with van der Waals surface area (Å²) in [6.07, 6.45) is 29.9. The van der Waals surface area contributed by atoms with Crippen LogP contribution in [0.4, 0.5) is 0 Å². The monoisotopic (exact) mass is 851 g/mol. The molecular weight excluding hydrogens is 791 g/mol. The van der Waals surface area contributed by atoms with Gasteiger partial charge in [0.1, 0.15) is 11.2 Å². The molecule has 0 spiro atoms. The summed E-state index contributed by atoms with van der Waals surface area (Å²) in [4.78, 5) is 0. The van der Waals surface area contributed by atoms with E-state index in [1.165, 1.54) is 92.3 Å². The van der Waals surface area contributed by atoms with E-state index in [2.05, 4.69) is 182 Å². The second-order valence-corrected chi connectivity index (χ2v) is 18.8. The number of nitrogens with zero attached hydrogens (tertiary/aromatic N) is 2. The Morgan fingerprint density at radius 1 is 0.769 bits per heavy atom. The average Bonchev–Trinajstić information content (AvgIpc) is 4.12. The van der Waals surface area contributed by atoms with Gasteiger partial charge in [-0.1, -0.05) is 117 Å². The second-order valence-electron chi connectivity index (χ2n) is 18.8. The van der Waals surface area contributed by atoms with Crippen molar-refractivity contribution in [3.05, 3.63) is 173 Å². The lowest BCUT2D eigenvalue weighted by Gasteiger charge is -2.24. The molecule has 2 bridgehead atoms. The first-order chi connectivity index (χ1) is 32.1. The van der Waals surface area contributed by atoms with E-state index in [1.807, 2.05) is 0 Å². The van der Waals surface area contributed by atoms with E-state index in [0.717, 1.165) is 78.4 Å². The van der Waals surface area contributed by atoms with E-state index in [-0.39, 0.29) is 0 Å². The standard InChI is InChI=1S/C61H61N3O/c1-4-7-18-41(6-3)60-50-24-12-13-25-54(50)63(56(60)16-5-2)45-30-33-58-51(38-45)52-39-46(31-34-59(52)65-58)64-55-32-29-43(37-53(55)61-44-28-27-40(36-44)17-14-26-57(61)64)48-22-10-11-23-49(48)47-21-9-8-19-42(47)20-15-35-62/h5,8-14,16-17,21-26,29-34,37-39,41-42,44H,4,6-7,15,18-20,27-28,35-36,62H2,1-3H3/b16-5-,26-14-,40-17-. The van der Waals surface area contributed by atoms with Crippen molar-refractivity contribution in [3.63, 3.8) is 0 Å². The molecule has 2 N–H and O–H groups in total. The van der Waals surface area contributed by atoms with Gasteiger partial charge < -0.3 is 19.3 Å². The highest BCUT2D eigenvalue weighted by Gasteiger charge is 2.30. The lowest BCUT2D eigenvalue weighted by molar-refractivity contribution is 0.571. The van der Waals surface area contributed by atoms with Gasteiger partial charge in [-0.25, -0.2) is 0 Å². The van der Waals surface area contributed by atoms with Gasteiger partial charge in [-0.15, -0.1) is 0 Å². The molecule has 3 unspecified atom stereocenters. The molecule has 65 heavy (non-hydrogen) atoms. The van der Waals surface area contributed by atoms with Crippen LogP contribution < -0.4 is 5.73 Å². The zero-order valence-corrected chi connectivity index (χ0v) is 38.3. The predicted octanol–water partition coefficient (Wildman–Crippen LogP) is 16.8. The van der Waals surface area contributed by atoms with Crippen LogP contribution in [0.5, 0.6) is 0 Å². The smallest absolute Gasteiger partial charge is 0.135 e. The molecule has 4 heteroatoms. The molecule has 3 heterocycles. The van der Waals surface area contributed by atoms with Gasteiger partial charge in [-0.05, 0) is 183 Å². The maximum Gasteiger partial charge on any atom is 0.135 e. The third kappa shape index (κ3) is 7.18. The number of hydrogen-bond donors (Lipinski definition) is 1. The number of hydrogen-bond acceptors (Lipinski definition) is 2. The summed E-state index contributed by atoms with van der Waals surface area (Å²) in [7, 11) is 0. The van der Waals surface area contributed by atoms with Crippen molar-refractivity contribution < 1.29 is 4.42 Å². The molecule has 3 aromatic heterocycles. The first-order valence-electron chi connectivity index (χ1n) is 24.5. The number of aromatic nitrogens is 2. The van der Waals surface area contributed by atoms with Crippen LogP contribution in [-0.2, 0) is 0 Å². The Hall–Kier alpha value is -6.36. The maximum atomic E-state index is 6.65. The third-order valence-corrected chi connectivity index (χ3v) is 15.0. The molecule has 0 amide bonds. The van der Waals surface area contributed by atoms with Crippen molar-refractivity contribution in [3.8, 4) is 22.5 Å². The molecule has 5 aromatic carbocycles. The summed E-state index contributed by atoms with van der Waals surface area (Å²) < 4.78 is 11.7. The van der Waals surface area contributed by atoms with Gasteiger partial charge in [-0.2, -0.15) is 0 Å². The van der Waals surface area contributed by atoms with Gasteiger partial charge in [0.2, 0.25) is 0 Å². The van der Waals surface area contributed by atoms with E-state index in [9.17, 15) is 0 Å². The van der Waals surface area contributed by atoms with Gasteiger partial charge >= 0.3 is 0 Å². The molecule has 8 aromatic rings. The fraction of sp³-hybridized carbons (Fsp3) is 0.279. The second kappa shape index (κ2) is 17.6. The molecule has 326 valence electrons. The van der Waals surface area contributed by atoms with Crippen molar-refractivity contribution in [1.29, 1.82) is 0 Å². The number of fused-ring (bicyclic) bond motifs is 10. The first kappa shape index (κ1) is 41.4. The van der Waals surface area contributed by atoms with E-state index < -0.39 is 0 Å². The highest BCUT2D eigenvalue weighted by molar-refractivity contribution is 6.07. The minimum Gasteiger partial charge on any atom is -0.456 e. The Morgan fingerprint density at radius 2 is 1.54 bits per heavy atom. The van der Waals surface area contributed by atoms with E-state index in [1.54, 1.807) is 5.57 Å². The van der Waals surface area contributed by atoms with Crippen LogP contribution in [0.2, 0.25) is 0 Å². The van der Waals surface area contributed by atoms with Crippen molar-refractivity contribution in [2.24, 2.45) is 11.7 Å². The van der Waals surface area contributed by atoms with Crippen LogP contribution in [0, 0.1) is 5.92 Å². The molecule has 3 atom stereocenters. The van der Waals surface area contributed by atoms with E-state index >= 15 is 0 Å². The number of furan rings is 1. The summed E-state index contributed by atoms with van der Waals surface area (Å²) in [5.41, 5.74) is 25.1. The summed E-state index contributed by atoms with van der Waals surface area (Å²) >= 11 is 0. The van der Waals surface area contributed by atoms with Crippen LogP contribution >= 0.6 is 0 Å². The molecule has 1 fully saturated rings. The van der Waals surface area contributed by atoms with Gasteiger partial charge in [0.25, 0.3) is 0 Å². The van der Waals surface area contributed by atoms with Crippen LogP contribution in [-0.4, -0.2) is 15.7 Å². The maximum absolute atomic E-state index is 6.65. The number of para-hydroxylation sites is 1. The molecule has 11 rings (SSSR count). The van der Waals surface area contributed by atoms with Crippen LogP contribution in [0.1, 0.15) is 125 Å². The van der Waals surface area contributed by atoms with E-state index in [4.69, 9.17) is 10.2 Å². The Bertz CT molecular complexity index is 3260. The Balaban J connectivity index is 1.08. The lowest BCUT2D eigenvalue weighted by atomic mass is 9.81. The number of benzene rings is 5. The number of rotatable bonds is 13. The predicted molar refractivity (Wildman–Crippen MR) is 277 cm³/mol. The minimum absolute atomic E-state index is 0.477. The first-order valence-corrected chi connectivity index (χ1v) is 24.5. The highest BCUT2D eigenvalue weighted by Crippen LogP contribution is 2.48. The topological polar surface area (TPSA) is 49.0 Å². The number of nitrogens with two attached hydrogens (primary N) is 1. The van der Waals surface area contributed by atoms with Gasteiger partial charge in [0, 0.05) is 38.6 Å². The summed E-state index contributed by atoms with van der Waals surface area (Å²) in [5.74, 6) is 1.46. The minimum atomic E-state index is 0.477. The fourth-order valence-corrected chi connectivity index (χ4v) is 11.9. The SMILES string of the molecule is C/C=C\c1c(C(CC)CCCC)c2ccccc2n1-c1ccc2oc3ccc(-n4c5c(c6cc(-c7ccccc7C7=CC=CCC7CCCN)ccc64)C4CC/C(=C/C=C\5)C4)cc3c2c1. The molecule has 3 aliphatic rings. The Labute approximate surface area is 384 Å². The number of unbranched alkanes of at least 4 members (excludes halogenated alkanes) is 1. The molecule has 3 aliphatic carbocycles. The number of allylic oxidation sites excluding steroid dienone is 8. The fourth-order valence-electron chi connectivity index (χ4n) is 11.9. The molecule has 0 radical (unpaired) electrons. The van der Waals surface area contributed by atoms with Crippen LogP contribution in [0.15, 0.2) is 150 Å². The average molecular weight is 852 g/mol. The van der Waals surface area contributed by atoms with Crippen LogP contribution in [0.25, 0.3) is 84.0 Å². The third-order valence-electron chi connectivity index (χ3n) is 15.0. The molecule has 4 nitrogen and oxygen atoms in total. The Morgan fingerprint density at radius 3 is 2.32 bits per heavy atom. The summed E-state index contributed by atoms with van der Waals surface area (Å²) in [6, 6.07) is 39.0. The van der Waals surface area contributed by atoms with Gasteiger partial charge in [0.15, 0.2) is 0 Å². The zero-order valence-electron chi connectivity index (χ0n) is 38.3. The summed E-state index contributed by atoms with van der Waals surface area (Å²) in [5, 5.41) is 4.99. The van der Waals surface area contributed by atoms with Crippen molar-refractivity contribution in [2.75, 3.05) is 6.54 Å². The van der Waals surface area contributed by atoms with Gasteiger partial charge in [0.05, 0.1) is 16.7 Å². The molecule has 0 saturated heterocycles. The van der Waals surface area contributed by atoms with Crippen molar-refractivity contribution >= 4 is 61.5 Å². The molecular formula is C61H61N3O. The van der Waals surface area contributed by atoms with Crippen molar-refractivity contribution in [2.45, 2.75) is 96.8 Å². The lowest BCUT2D eigenvalue weighted by Crippen LogP contribution is -2.09. The normalized spacial score (nSPS) is 19.0. The van der Waals surface area contributed by atoms with Gasteiger partial charge in [-0.3, -0.25) is 0 Å². The molecule has 0 aliphatic heterocycles. The summed E-state index contributed by atoms with van der Waals surface area (Å²) in [6.45, 7) is 7.53. The van der Waals surface area contributed by atoms with Crippen LogP contribution in [0.3, 0.4) is 0 Å². The largest absolute Gasteiger partial charge is 0.456 e. The molecule has 1 saturated carbocycles. The quantitative estimate of drug-likeness (QED) is 0.126. The van der Waals surface area contributed by atoms with E-state index in [0.29, 0.717) is 17.8 Å². The Kier molecular flexibility index (Phi) is 11.2. The zero-order chi connectivity index (χ0) is 44.0. The highest BCUT2D eigenvalue weighted by atomic mass is 16.3.